The first-order valence-corrected chi connectivity index (χ1v) is 7.23. The van der Waals surface area contributed by atoms with Crippen LogP contribution in [0.4, 0.5) is 5.69 Å². The lowest BCUT2D eigenvalue weighted by molar-refractivity contribution is 0.0962. The van der Waals surface area contributed by atoms with E-state index in [1.54, 1.807) is 0 Å². The van der Waals surface area contributed by atoms with E-state index in [1.165, 1.54) is 12.4 Å². The minimum absolute atomic E-state index is 0.287. The van der Waals surface area contributed by atoms with Crippen LogP contribution < -0.4 is 10.9 Å². The molecule has 0 fully saturated rings. The Hall–Kier alpha value is -3.21. The van der Waals surface area contributed by atoms with Crippen LogP contribution in [0, 0.1) is 6.92 Å². The average molecular weight is 304 g/mol. The van der Waals surface area contributed by atoms with Crippen LogP contribution in [0.5, 0.6) is 0 Å². The minimum atomic E-state index is -0.287. The second kappa shape index (κ2) is 6.70. The van der Waals surface area contributed by atoms with E-state index in [4.69, 9.17) is 0 Å². The Morgan fingerprint density at radius 1 is 0.913 bits per heavy atom. The molecule has 2 N–H and O–H groups in total. The van der Waals surface area contributed by atoms with Crippen LogP contribution in [0.15, 0.2) is 67.0 Å². The Balaban J connectivity index is 1.65. The van der Waals surface area contributed by atoms with Crippen LogP contribution >= 0.6 is 0 Å². The molecular weight excluding hydrogens is 288 g/mol. The lowest BCUT2D eigenvalue weighted by Crippen LogP contribution is -2.29. The van der Waals surface area contributed by atoms with Gasteiger partial charge < -0.3 is 0 Å². The zero-order valence-electron chi connectivity index (χ0n) is 12.7. The summed E-state index contributed by atoms with van der Waals surface area (Å²) in [6, 6.07) is 17.3. The van der Waals surface area contributed by atoms with Gasteiger partial charge in [-0.25, -0.2) is 9.97 Å². The molecular formula is C18H16N4O. The smallest absolute Gasteiger partial charge is 0.272 e. The SMILES string of the molecule is Cc1ccc(NNC(=O)c2cnc(-c3ccccc3)nc2)cc1. The first kappa shape index (κ1) is 14.7. The third kappa shape index (κ3) is 3.71. The number of hydrazine groups is 1. The van der Waals surface area contributed by atoms with Crippen LogP contribution in [-0.4, -0.2) is 15.9 Å². The molecule has 5 nitrogen and oxygen atoms in total. The van der Waals surface area contributed by atoms with E-state index in [2.05, 4.69) is 20.8 Å². The van der Waals surface area contributed by atoms with Crippen molar-refractivity contribution in [2.45, 2.75) is 6.92 Å². The van der Waals surface area contributed by atoms with Gasteiger partial charge in [-0.1, -0.05) is 48.0 Å². The maximum absolute atomic E-state index is 12.1. The van der Waals surface area contributed by atoms with Crippen molar-refractivity contribution in [3.63, 3.8) is 0 Å². The zero-order chi connectivity index (χ0) is 16.1. The largest absolute Gasteiger partial charge is 0.298 e. The standard InChI is InChI=1S/C18H16N4O/c1-13-7-9-16(10-8-13)21-22-18(23)15-11-19-17(20-12-15)14-5-3-2-4-6-14/h2-12,21H,1H3,(H,22,23). The van der Waals surface area contributed by atoms with E-state index in [0.29, 0.717) is 11.4 Å². The Morgan fingerprint density at radius 3 is 2.22 bits per heavy atom. The summed E-state index contributed by atoms with van der Waals surface area (Å²) in [5, 5.41) is 0. The summed E-state index contributed by atoms with van der Waals surface area (Å²) in [6.07, 6.45) is 3.03. The molecule has 2 aromatic carbocycles. The summed E-state index contributed by atoms with van der Waals surface area (Å²) in [4.78, 5) is 20.6. The molecule has 1 aromatic heterocycles. The highest BCUT2D eigenvalue weighted by Crippen LogP contribution is 2.13. The highest BCUT2D eigenvalue weighted by atomic mass is 16.2. The molecule has 0 spiro atoms. The molecule has 3 aromatic rings. The predicted octanol–water partition coefficient (Wildman–Crippen LogP) is 3.21. The van der Waals surface area contributed by atoms with Crippen LogP contribution in [0.25, 0.3) is 11.4 Å². The number of benzene rings is 2. The fourth-order valence-corrected chi connectivity index (χ4v) is 2.02. The van der Waals surface area contributed by atoms with Crippen LogP contribution in [-0.2, 0) is 0 Å². The normalized spacial score (nSPS) is 10.1. The molecule has 1 amide bonds. The Kier molecular flexibility index (Phi) is 4.29. The van der Waals surface area contributed by atoms with Crippen molar-refractivity contribution in [1.29, 1.82) is 0 Å². The second-order valence-electron chi connectivity index (χ2n) is 5.11. The summed E-state index contributed by atoms with van der Waals surface area (Å²) in [5.74, 6) is 0.304. The van der Waals surface area contributed by atoms with Gasteiger partial charge in [-0.2, -0.15) is 0 Å². The Bertz CT molecular complexity index is 784. The number of amides is 1. The first-order valence-electron chi connectivity index (χ1n) is 7.23. The lowest BCUT2D eigenvalue weighted by atomic mass is 10.2. The van der Waals surface area contributed by atoms with Gasteiger partial charge in [0.15, 0.2) is 5.82 Å². The van der Waals surface area contributed by atoms with Gasteiger partial charge in [0.25, 0.3) is 5.91 Å². The molecule has 0 atom stereocenters. The molecule has 0 radical (unpaired) electrons. The van der Waals surface area contributed by atoms with E-state index in [9.17, 15) is 4.79 Å². The molecule has 23 heavy (non-hydrogen) atoms. The zero-order valence-corrected chi connectivity index (χ0v) is 12.7. The molecule has 0 aliphatic carbocycles. The van der Waals surface area contributed by atoms with Gasteiger partial charge >= 0.3 is 0 Å². The number of carbonyl (C=O) groups excluding carboxylic acids is 1. The number of nitrogens with zero attached hydrogens (tertiary/aromatic N) is 2. The number of anilines is 1. The fourth-order valence-electron chi connectivity index (χ4n) is 2.02. The van der Waals surface area contributed by atoms with Crippen molar-refractivity contribution in [2.75, 3.05) is 5.43 Å². The number of aryl methyl sites for hydroxylation is 1. The van der Waals surface area contributed by atoms with Gasteiger partial charge in [0.2, 0.25) is 0 Å². The summed E-state index contributed by atoms with van der Waals surface area (Å²) >= 11 is 0. The van der Waals surface area contributed by atoms with E-state index in [-0.39, 0.29) is 5.91 Å². The van der Waals surface area contributed by atoms with Crippen LogP contribution in [0.1, 0.15) is 15.9 Å². The van der Waals surface area contributed by atoms with Gasteiger partial charge in [0.05, 0.1) is 11.3 Å². The molecule has 5 heteroatoms. The maximum atomic E-state index is 12.1. The van der Waals surface area contributed by atoms with Crippen molar-refractivity contribution < 1.29 is 4.79 Å². The van der Waals surface area contributed by atoms with Gasteiger partial charge in [-0.15, -0.1) is 0 Å². The number of aromatic nitrogens is 2. The third-order valence-corrected chi connectivity index (χ3v) is 3.32. The summed E-state index contributed by atoms with van der Waals surface area (Å²) in [7, 11) is 0. The quantitative estimate of drug-likeness (QED) is 0.726. The molecule has 0 unspecified atom stereocenters. The van der Waals surface area contributed by atoms with Crippen molar-refractivity contribution in [3.8, 4) is 11.4 Å². The molecule has 0 bridgehead atoms. The van der Waals surface area contributed by atoms with E-state index >= 15 is 0 Å². The average Bonchev–Trinajstić information content (AvgIpc) is 2.62. The summed E-state index contributed by atoms with van der Waals surface area (Å²) in [6.45, 7) is 2.01. The topological polar surface area (TPSA) is 66.9 Å². The van der Waals surface area contributed by atoms with Gasteiger partial charge in [-0.3, -0.25) is 15.6 Å². The summed E-state index contributed by atoms with van der Waals surface area (Å²) < 4.78 is 0. The van der Waals surface area contributed by atoms with Crippen molar-refractivity contribution in [3.05, 3.63) is 78.1 Å². The van der Waals surface area contributed by atoms with Gasteiger partial charge in [-0.05, 0) is 19.1 Å². The lowest BCUT2D eigenvalue weighted by Gasteiger charge is -2.08. The molecule has 0 aliphatic rings. The van der Waals surface area contributed by atoms with Crippen LogP contribution in [0.2, 0.25) is 0 Å². The molecule has 0 saturated carbocycles. The summed E-state index contributed by atoms with van der Waals surface area (Å²) in [5.41, 5.74) is 8.76. The van der Waals surface area contributed by atoms with E-state index in [0.717, 1.165) is 16.8 Å². The maximum Gasteiger partial charge on any atom is 0.272 e. The van der Waals surface area contributed by atoms with Crippen LogP contribution in [0.3, 0.4) is 0 Å². The second-order valence-corrected chi connectivity index (χ2v) is 5.11. The third-order valence-electron chi connectivity index (χ3n) is 3.32. The minimum Gasteiger partial charge on any atom is -0.298 e. The fraction of sp³-hybridized carbons (Fsp3) is 0.0556. The highest BCUT2D eigenvalue weighted by Gasteiger charge is 2.07. The molecule has 114 valence electrons. The molecule has 1 heterocycles. The first-order chi connectivity index (χ1) is 11.2. The Morgan fingerprint density at radius 2 is 1.57 bits per heavy atom. The number of hydrogen-bond acceptors (Lipinski definition) is 4. The number of nitrogens with one attached hydrogen (secondary N) is 2. The van der Waals surface area contributed by atoms with Crippen molar-refractivity contribution in [2.24, 2.45) is 0 Å². The number of hydrogen-bond donors (Lipinski definition) is 2. The number of rotatable bonds is 4. The van der Waals surface area contributed by atoms with E-state index in [1.807, 2.05) is 61.5 Å². The van der Waals surface area contributed by atoms with Gasteiger partial charge in [0.1, 0.15) is 0 Å². The van der Waals surface area contributed by atoms with E-state index < -0.39 is 0 Å². The highest BCUT2D eigenvalue weighted by molar-refractivity contribution is 5.94. The Labute approximate surface area is 134 Å². The molecule has 0 aliphatic heterocycles. The predicted molar refractivity (Wildman–Crippen MR) is 89.7 cm³/mol. The van der Waals surface area contributed by atoms with Gasteiger partial charge in [0, 0.05) is 18.0 Å². The molecule has 0 saturated heterocycles. The van der Waals surface area contributed by atoms with Crippen molar-refractivity contribution in [1.82, 2.24) is 15.4 Å². The van der Waals surface area contributed by atoms with Crippen molar-refractivity contribution >= 4 is 11.6 Å². The number of carbonyl (C=O) groups is 1. The monoisotopic (exact) mass is 304 g/mol. The molecule has 3 rings (SSSR count).